The molecule has 0 aromatic heterocycles. The summed E-state index contributed by atoms with van der Waals surface area (Å²) in [5.74, 6) is -2.40. The van der Waals surface area contributed by atoms with E-state index in [9.17, 15) is 14.7 Å². The first-order valence-electron chi connectivity index (χ1n) is 12.3. The molecule has 0 unspecified atom stereocenters. The van der Waals surface area contributed by atoms with Gasteiger partial charge in [0.15, 0.2) is 0 Å². The van der Waals surface area contributed by atoms with E-state index in [4.69, 9.17) is 9.84 Å². The van der Waals surface area contributed by atoms with Gasteiger partial charge in [-0.1, -0.05) is 109 Å². The van der Waals surface area contributed by atoms with Gasteiger partial charge in [0.1, 0.15) is 11.3 Å². The maximum absolute atomic E-state index is 11.4. The molecule has 0 fully saturated rings. The number of aromatic carboxylic acids is 2. The summed E-state index contributed by atoms with van der Waals surface area (Å²) in [6, 6.07) is 4.31. The van der Waals surface area contributed by atoms with E-state index >= 15 is 0 Å². The normalized spacial score (nSPS) is 10.9. The average Bonchev–Trinajstić information content (AvgIpc) is 2.75. The van der Waals surface area contributed by atoms with Crippen LogP contribution in [-0.4, -0.2) is 28.8 Å². The zero-order chi connectivity index (χ0) is 22.7. The van der Waals surface area contributed by atoms with E-state index in [1.807, 2.05) is 0 Å². The Morgan fingerprint density at radius 2 is 1.13 bits per heavy atom. The number of carboxylic acid groups (broad SMARTS) is 2. The maximum Gasteiger partial charge on any atom is 0.340 e. The van der Waals surface area contributed by atoms with Crippen molar-refractivity contribution in [2.45, 2.75) is 110 Å². The number of carbonyl (C=O) groups is 2. The molecule has 5 nitrogen and oxygen atoms in total. The summed E-state index contributed by atoms with van der Waals surface area (Å²) in [4.78, 5) is 22.6. The van der Waals surface area contributed by atoms with Crippen molar-refractivity contribution < 1.29 is 24.5 Å². The first-order chi connectivity index (χ1) is 15.1. The molecular formula is C26H42O5. The van der Waals surface area contributed by atoms with E-state index in [2.05, 4.69) is 6.92 Å². The van der Waals surface area contributed by atoms with Crippen molar-refractivity contribution in [1.29, 1.82) is 0 Å². The summed E-state index contributed by atoms with van der Waals surface area (Å²) in [5, 5.41) is 18.4. The lowest BCUT2D eigenvalue weighted by Crippen LogP contribution is -2.11. The molecule has 2 N–H and O–H groups in total. The van der Waals surface area contributed by atoms with Gasteiger partial charge < -0.3 is 14.9 Å². The smallest absolute Gasteiger partial charge is 0.340 e. The fourth-order valence-electron chi connectivity index (χ4n) is 3.88. The van der Waals surface area contributed by atoms with Crippen molar-refractivity contribution in [2.24, 2.45) is 0 Å². The van der Waals surface area contributed by atoms with Gasteiger partial charge in [0.2, 0.25) is 0 Å². The van der Waals surface area contributed by atoms with Gasteiger partial charge >= 0.3 is 11.9 Å². The lowest BCUT2D eigenvalue weighted by molar-refractivity contribution is 0.0647. The van der Waals surface area contributed by atoms with Gasteiger partial charge in [-0.3, -0.25) is 0 Å². The van der Waals surface area contributed by atoms with Crippen LogP contribution in [0, 0.1) is 0 Å². The number of hydrogen-bond acceptors (Lipinski definition) is 3. The summed E-state index contributed by atoms with van der Waals surface area (Å²) in [6.45, 7) is 2.67. The lowest BCUT2D eigenvalue weighted by atomic mass is 10.0. The molecule has 0 aliphatic carbocycles. The molecule has 0 radical (unpaired) electrons. The molecule has 0 aliphatic heterocycles. The molecule has 0 heterocycles. The second-order valence-corrected chi connectivity index (χ2v) is 8.44. The Bertz CT molecular complexity index is 626. The summed E-state index contributed by atoms with van der Waals surface area (Å²) in [5.41, 5.74) is -0.511. The van der Waals surface area contributed by atoms with E-state index in [0.717, 1.165) is 19.3 Å². The van der Waals surface area contributed by atoms with E-state index in [-0.39, 0.29) is 16.9 Å². The lowest BCUT2D eigenvalue weighted by Gasteiger charge is -2.11. The molecule has 0 atom stereocenters. The monoisotopic (exact) mass is 434 g/mol. The quantitative estimate of drug-likeness (QED) is 0.205. The maximum atomic E-state index is 11.4. The molecule has 1 aromatic rings. The molecule has 31 heavy (non-hydrogen) atoms. The predicted molar refractivity (Wildman–Crippen MR) is 125 cm³/mol. The van der Waals surface area contributed by atoms with Crippen LogP contribution in [0.2, 0.25) is 0 Å². The van der Waals surface area contributed by atoms with Crippen LogP contribution in [0.25, 0.3) is 0 Å². The number of ether oxygens (including phenoxy) is 1. The topological polar surface area (TPSA) is 83.8 Å². The molecular weight excluding hydrogens is 392 g/mol. The van der Waals surface area contributed by atoms with Gasteiger partial charge in [0, 0.05) is 0 Å². The highest BCUT2D eigenvalue weighted by molar-refractivity contribution is 6.03. The summed E-state index contributed by atoms with van der Waals surface area (Å²) in [6.07, 6.45) is 20.7. The third-order valence-electron chi connectivity index (χ3n) is 5.73. The summed E-state index contributed by atoms with van der Waals surface area (Å²) < 4.78 is 5.56. The SMILES string of the molecule is CCCCCCCCCCCCCCCCCCOc1cccc(C(=O)O)c1C(=O)O. The fourth-order valence-corrected chi connectivity index (χ4v) is 3.88. The molecule has 0 saturated heterocycles. The van der Waals surface area contributed by atoms with Gasteiger partial charge in [-0.25, -0.2) is 9.59 Å². The Morgan fingerprint density at radius 1 is 0.677 bits per heavy atom. The van der Waals surface area contributed by atoms with Crippen LogP contribution in [0.4, 0.5) is 0 Å². The highest BCUT2D eigenvalue weighted by Gasteiger charge is 2.20. The van der Waals surface area contributed by atoms with Crippen LogP contribution in [0.15, 0.2) is 18.2 Å². The van der Waals surface area contributed by atoms with Gasteiger partial charge in [0.25, 0.3) is 0 Å². The first-order valence-corrected chi connectivity index (χ1v) is 12.3. The van der Waals surface area contributed by atoms with Gasteiger partial charge in [-0.2, -0.15) is 0 Å². The molecule has 0 bridgehead atoms. The minimum Gasteiger partial charge on any atom is -0.493 e. The largest absolute Gasteiger partial charge is 0.493 e. The Morgan fingerprint density at radius 3 is 1.55 bits per heavy atom. The summed E-state index contributed by atoms with van der Waals surface area (Å²) in [7, 11) is 0. The Balaban J connectivity index is 1.99. The minimum atomic E-state index is -1.28. The Kier molecular flexibility index (Phi) is 15.3. The molecule has 0 spiro atoms. The molecule has 0 saturated carbocycles. The van der Waals surface area contributed by atoms with Crippen molar-refractivity contribution in [3.8, 4) is 5.75 Å². The second kappa shape index (κ2) is 17.6. The number of hydrogen-bond donors (Lipinski definition) is 2. The average molecular weight is 435 g/mol. The Hall–Kier alpha value is -2.04. The standard InChI is InChI=1S/C26H42O5/c1-2-3-4-5-6-7-8-9-10-11-12-13-14-15-16-17-21-31-23-20-18-19-22(25(27)28)24(23)26(29)30/h18-20H,2-17,21H2,1H3,(H,27,28)(H,29,30). The number of benzene rings is 1. The van der Waals surface area contributed by atoms with Crippen molar-refractivity contribution in [3.63, 3.8) is 0 Å². The zero-order valence-electron chi connectivity index (χ0n) is 19.4. The van der Waals surface area contributed by atoms with E-state index in [1.54, 1.807) is 0 Å². The zero-order valence-corrected chi connectivity index (χ0v) is 19.4. The van der Waals surface area contributed by atoms with Crippen LogP contribution < -0.4 is 4.74 Å². The van der Waals surface area contributed by atoms with Crippen LogP contribution in [0.5, 0.6) is 5.75 Å². The van der Waals surface area contributed by atoms with E-state index < -0.39 is 11.9 Å². The second-order valence-electron chi connectivity index (χ2n) is 8.44. The molecule has 0 amide bonds. The molecule has 0 aliphatic rings. The van der Waals surface area contributed by atoms with Gasteiger partial charge in [-0.15, -0.1) is 0 Å². The molecule has 5 heteroatoms. The van der Waals surface area contributed by atoms with Gasteiger partial charge in [-0.05, 0) is 18.6 Å². The van der Waals surface area contributed by atoms with Gasteiger partial charge in [0.05, 0.1) is 12.2 Å². The van der Waals surface area contributed by atoms with Crippen LogP contribution in [-0.2, 0) is 0 Å². The Labute approximate surface area is 188 Å². The van der Waals surface area contributed by atoms with Crippen molar-refractivity contribution in [2.75, 3.05) is 6.61 Å². The number of unbranched alkanes of at least 4 members (excludes halogenated alkanes) is 15. The van der Waals surface area contributed by atoms with Crippen molar-refractivity contribution in [3.05, 3.63) is 29.3 Å². The molecule has 176 valence electrons. The third kappa shape index (κ3) is 12.4. The summed E-state index contributed by atoms with van der Waals surface area (Å²) >= 11 is 0. The van der Waals surface area contributed by atoms with Crippen LogP contribution in [0.3, 0.4) is 0 Å². The fraction of sp³-hybridized carbons (Fsp3) is 0.692. The van der Waals surface area contributed by atoms with E-state index in [1.165, 1.54) is 102 Å². The predicted octanol–water partition coefficient (Wildman–Crippen LogP) is 7.72. The minimum absolute atomic E-state index is 0.133. The highest BCUT2D eigenvalue weighted by atomic mass is 16.5. The molecule has 1 rings (SSSR count). The van der Waals surface area contributed by atoms with E-state index in [0.29, 0.717) is 6.61 Å². The number of carboxylic acids is 2. The van der Waals surface area contributed by atoms with Crippen molar-refractivity contribution >= 4 is 11.9 Å². The highest BCUT2D eigenvalue weighted by Crippen LogP contribution is 2.23. The number of rotatable bonds is 20. The third-order valence-corrected chi connectivity index (χ3v) is 5.73. The molecule has 1 aromatic carbocycles. The van der Waals surface area contributed by atoms with Crippen LogP contribution >= 0.6 is 0 Å². The van der Waals surface area contributed by atoms with Crippen molar-refractivity contribution in [1.82, 2.24) is 0 Å². The first kappa shape index (κ1) is 27.0. The van der Waals surface area contributed by atoms with Crippen LogP contribution in [0.1, 0.15) is 130 Å².